The number of nitrogens with zero attached hydrogens (tertiary/aromatic N) is 1. The Bertz CT molecular complexity index is 434. The van der Waals surface area contributed by atoms with E-state index in [9.17, 15) is 18.0 Å². The largest absolute Gasteiger partial charge is 0.406 e. The second-order valence-corrected chi connectivity index (χ2v) is 5.03. The molecule has 0 N–H and O–H groups in total. The van der Waals surface area contributed by atoms with Gasteiger partial charge >= 0.3 is 6.18 Å². The first kappa shape index (κ1) is 16.0. The highest BCUT2D eigenvalue weighted by Crippen LogP contribution is 2.22. The van der Waals surface area contributed by atoms with Crippen LogP contribution in [0.1, 0.15) is 30.1 Å². The lowest BCUT2D eigenvalue weighted by molar-refractivity contribution is -0.140. The fourth-order valence-electron chi connectivity index (χ4n) is 1.62. The SMILES string of the molecule is CCCCN(CC(F)(F)F)C(=O)c1ccccc1Br. The summed E-state index contributed by atoms with van der Waals surface area (Å²) in [5, 5.41) is 0. The molecule has 19 heavy (non-hydrogen) atoms. The van der Waals surface area contributed by atoms with Crippen molar-refractivity contribution >= 4 is 21.8 Å². The molecule has 1 rings (SSSR count). The third kappa shape index (κ3) is 5.22. The van der Waals surface area contributed by atoms with Gasteiger partial charge in [-0.15, -0.1) is 0 Å². The van der Waals surface area contributed by atoms with Crippen LogP contribution in [0.3, 0.4) is 0 Å². The van der Waals surface area contributed by atoms with Gasteiger partial charge < -0.3 is 4.90 Å². The van der Waals surface area contributed by atoms with Crippen LogP contribution in [0, 0.1) is 0 Å². The Hall–Kier alpha value is -1.04. The summed E-state index contributed by atoms with van der Waals surface area (Å²) >= 11 is 3.18. The van der Waals surface area contributed by atoms with Gasteiger partial charge in [-0.05, 0) is 34.5 Å². The lowest BCUT2D eigenvalue weighted by Gasteiger charge is -2.24. The number of hydrogen-bond donors (Lipinski definition) is 0. The Morgan fingerprint density at radius 3 is 2.47 bits per heavy atom. The van der Waals surface area contributed by atoms with Crippen molar-refractivity contribution < 1.29 is 18.0 Å². The minimum atomic E-state index is -4.38. The van der Waals surface area contributed by atoms with Gasteiger partial charge in [-0.25, -0.2) is 0 Å². The van der Waals surface area contributed by atoms with E-state index in [0.29, 0.717) is 10.9 Å². The first-order valence-electron chi connectivity index (χ1n) is 5.95. The van der Waals surface area contributed by atoms with E-state index in [1.165, 1.54) is 6.07 Å². The molecule has 1 amide bonds. The van der Waals surface area contributed by atoms with E-state index in [-0.39, 0.29) is 12.1 Å². The molecule has 0 heterocycles. The number of amides is 1. The van der Waals surface area contributed by atoms with E-state index in [4.69, 9.17) is 0 Å². The molecule has 0 spiro atoms. The maximum Gasteiger partial charge on any atom is 0.406 e. The van der Waals surface area contributed by atoms with Crippen LogP contribution in [-0.4, -0.2) is 30.1 Å². The molecular weight excluding hydrogens is 323 g/mol. The van der Waals surface area contributed by atoms with E-state index in [2.05, 4.69) is 15.9 Å². The van der Waals surface area contributed by atoms with Crippen molar-refractivity contribution in [3.63, 3.8) is 0 Å². The zero-order chi connectivity index (χ0) is 14.5. The maximum absolute atomic E-state index is 12.5. The number of hydrogen-bond acceptors (Lipinski definition) is 1. The van der Waals surface area contributed by atoms with E-state index >= 15 is 0 Å². The van der Waals surface area contributed by atoms with Gasteiger partial charge in [-0.3, -0.25) is 4.79 Å². The smallest absolute Gasteiger partial charge is 0.330 e. The highest BCUT2D eigenvalue weighted by molar-refractivity contribution is 9.10. The van der Waals surface area contributed by atoms with E-state index < -0.39 is 18.6 Å². The molecular formula is C13H15BrF3NO. The molecule has 1 aromatic carbocycles. The average Bonchev–Trinajstić information content (AvgIpc) is 2.33. The molecule has 2 nitrogen and oxygen atoms in total. The number of alkyl halides is 3. The molecule has 106 valence electrons. The number of carbonyl (C=O) groups excluding carboxylic acids is 1. The monoisotopic (exact) mass is 337 g/mol. The van der Waals surface area contributed by atoms with Gasteiger partial charge in [-0.1, -0.05) is 25.5 Å². The molecule has 0 unspecified atom stereocenters. The zero-order valence-electron chi connectivity index (χ0n) is 10.5. The van der Waals surface area contributed by atoms with Crippen molar-refractivity contribution in [1.29, 1.82) is 0 Å². The molecule has 0 bridgehead atoms. The van der Waals surface area contributed by atoms with E-state index in [1.54, 1.807) is 18.2 Å². The summed E-state index contributed by atoms with van der Waals surface area (Å²) in [7, 11) is 0. The number of rotatable bonds is 5. The minimum Gasteiger partial charge on any atom is -0.330 e. The van der Waals surface area contributed by atoms with Crippen LogP contribution < -0.4 is 0 Å². The van der Waals surface area contributed by atoms with Crippen LogP contribution in [0.25, 0.3) is 0 Å². The summed E-state index contributed by atoms with van der Waals surface area (Å²) in [6.45, 7) is 0.762. The van der Waals surface area contributed by atoms with Crippen molar-refractivity contribution in [2.75, 3.05) is 13.1 Å². The highest BCUT2D eigenvalue weighted by Gasteiger charge is 2.33. The Morgan fingerprint density at radius 2 is 1.95 bits per heavy atom. The second-order valence-electron chi connectivity index (χ2n) is 4.18. The van der Waals surface area contributed by atoms with Crippen LogP contribution in [-0.2, 0) is 0 Å². The molecule has 0 aliphatic carbocycles. The summed E-state index contributed by atoms with van der Waals surface area (Å²) in [6.07, 6.45) is -3.10. The van der Waals surface area contributed by atoms with Gasteiger partial charge in [0.2, 0.25) is 0 Å². The number of unbranched alkanes of at least 4 members (excludes halogenated alkanes) is 1. The Morgan fingerprint density at radius 1 is 1.32 bits per heavy atom. The minimum absolute atomic E-state index is 0.107. The summed E-state index contributed by atoms with van der Waals surface area (Å²) in [6, 6.07) is 6.49. The van der Waals surface area contributed by atoms with E-state index in [1.807, 2.05) is 6.92 Å². The fourth-order valence-corrected chi connectivity index (χ4v) is 2.08. The standard InChI is InChI=1S/C13H15BrF3NO/c1-2-3-8-18(9-13(15,16)17)12(19)10-6-4-5-7-11(10)14/h4-7H,2-3,8-9H2,1H3. The van der Waals surface area contributed by atoms with Crippen molar-refractivity contribution in [2.24, 2.45) is 0 Å². The summed E-state index contributed by atoms with van der Waals surface area (Å²) < 4.78 is 38.0. The normalized spacial score (nSPS) is 11.4. The van der Waals surface area contributed by atoms with Gasteiger partial charge in [0.15, 0.2) is 0 Å². The van der Waals surface area contributed by atoms with Crippen molar-refractivity contribution in [3.8, 4) is 0 Å². The highest BCUT2D eigenvalue weighted by atomic mass is 79.9. The van der Waals surface area contributed by atoms with Crippen molar-refractivity contribution in [3.05, 3.63) is 34.3 Å². The number of benzene rings is 1. The predicted octanol–water partition coefficient (Wildman–Crippen LogP) is 4.25. The Balaban J connectivity index is 2.91. The van der Waals surface area contributed by atoms with Gasteiger partial charge in [0.1, 0.15) is 6.54 Å². The molecule has 0 atom stereocenters. The van der Waals surface area contributed by atoms with Gasteiger partial charge in [-0.2, -0.15) is 13.2 Å². The Labute approximate surface area is 118 Å². The molecule has 0 aliphatic rings. The number of carbonyl (C=O) groups is 1. The summed E-state index contributed by atoms with van der Waals surface area (Å²) in [5.74, 6) is -0.599. The molecule has 6 heteroatoms. The third-order valence-corrected chi connectivity index (χ3v) is 3.23. The van der Waals surface area contributed by atoms with Gasteiger partial charge in [0.25, 0.3) is 5.91 Å². The van der Waals surface area contributed by atoms with Crippen LogP contribution in [0.2, 0.25) is 0 Å². The first-order valence-corrected chi connectivity index (χ1v) is 6.75. The molecule has 0 aliphatic heterocycles. The molecule has 0 saturated heterocycles. The molecule has 0 saturated carbocycles. The number of halogens is 4. The lowest BCUT2D eigenvalue weighted by Crippen LogP contribution is -2.39. The van der Waals surface area contributed by atoms with Crippen LogP contribution in [0.15, 0.2) is 28.7 Å². The molecule has 1 aromatic rings. The van der Waals surface area contributed by atoms with Crippen LogP contribution in [0.4, 0.5) is 13.2 Å². The topological polar surface area (TPSA) is 20.3 Å². The van der Waals surface area contributed by atoms with Crippen molar-refractivity contribution in [1.82, 2.24) is 4.90 Å². The second kappa shape index (κ2) is 6.93. The van der Waals surface area contributed by atoms with Gasteiger partial charge in [0, 0.05) is 11.0 Å². The first-order chi connectivity index (χ1) is 8.85. The average molecular weight is 338 g/mol. The summed E-state index contributed by atoms with van der Waals surface area (Å²) in [4.78, 5) is 13.0. The fraction of sp³-hybridized carbons (Fsp3) is 0.462. The van der Waals surface area contributed by atoms with Gasteiger partial charge in [0.05, 0.1) is 5.56 Å². The van der Waals surface area contributed by atoms with Crippen LogP contribution in [0.5, 0.6) is 0 Å². The molecule has 0 radical (unpaired) electrons. The third-order valence-electron chi connectivity index (χ3n) is 2.54. The lowest BCUT2D eigenvalue weighted by atomic mass is 10.2. The quantitative estimate of drug-likeness (QED) is 0.786. The zero-order valence-corrected chi connectivity index (χ0v) is 12.1. The van der Waals surface area contributed by atoms with Crippen molar-refractivity contribution in [2.45, 2.75) is 25.9 Å². The Kier molecular flexibility index (Phi) is 5.85. The molecule has 0 fully saturated rings. The maximum atomic E-state index is 12.5. The predicted molar refractivity (Wildman–Crippen MR) is 71.0 cm³/mol. The van der Waals surface area contributed by atoms with Crippen LogP contribution >= 0.6 is 15.9 Å². The summed E-state index contributed by atoms with van der Waals surface area (Å²) in [5.41, 5.74) is 0.253. The van der Waals surface area contributed by atoms with E-state index in [0.717, 1.165) is 11.3 Å². The molecule has 0 aromatic heterocycles.